The van der Waals surface area contributed by atoms with Crippen LogP contribution in [0.1, 0.15) is 30.4 Å². The number of aryl methyl sites for hydroxylation is 1. The first-order valence-corrected chi connectivity index (χ1v) is 14.6. The molecule has 0 bridgehead atoms. The number of nitrogens with zero attached hydrogens (tertiary/aromatic N) is 4. The fourth-order valence-corrected chi connectivity index (χ4v) is 5.62. The molecule has 10 heteroatoms. The minimum Gasteiger partial charge on any atom is -0.481 e. The summed E-state index contributed by atoms with van der Waals surface area (Å²) in [6, 6.07) is 28.9. The molecular formula is C34H34N4O6. The summed E-state index contributed by atoms with van der Waals surface area (Å²) in [5.41, 5.74) is 3.30. The van der Waals surface area contributed by atoms with Gasteiger partial charge in [0, 0.05) is 31.9 Å². The SMILES string of the molecule is Cn1c(=O)n(-c2ccc(OCc3ccccc3)nc2OCc2ccccc2)c2ccc(N3CCC(O)(CC(=O)O)CC3)cc21. The van der Waals surface area contributed by atoms with E-state index in [1.165, 1.54) is 0 Å². The second kappa shape index (κ2) is 12.3. The van der Waals surface area contributed by atoms with Gasteiger partial charge >= 0.3 is 11.7 Å². The molecule has 1 aliphatic rings. The number of aliphatic carboxylic acids is 1. The molecule has 0 saturated carbocycles. The Hall–Kier alpha value is -5.09. The molecular weight excluding hydrogens is 560 g/mol. The van der Waals surface area contributed by atoms with Crippen molar-refractivity contribution in [2.24, 2.45) is 7.05 Å². The highest BCUT2D eigenvalue weighted by atomic mass is 16.5. The van der Waals surface area contributed by atoms with E-state index in [1.54, 1.807) is 28.3 Å². The second-order valence-electron chi connectivity index (χ2n) is 11.2. The molecule has 0 radical (unpaired) electrons. The summed E-state index contributed by atoms with van der Waals surface area (Å²) in [7, 11) is 1.72. The summed E-state index contributed by atoms with van der Waals surface area (Å²) in [6.45, 7) is 1.62. The van der Waals surface area contributed by atoms with Crippen molar-refractivity contribution in [1.82, 2.24) is 14.1 Å². The molecule has 1 saturated heterocycles. The Kier molecular flexibility index (Phi) is 8.08. The maximum absolute atomic E-state index is 13.7. The lowest BCUT2D eigenvalue weighted by Gasteiger charge is -2.38. The third-order valence-corrected chi connectivity index (χ3v) is 8.08. The second-order valence-corrected chi connectivity index (χ2v) is 11.2. The van der Waals surface area contributed by atoms with Crippen molar-refractivity contribution in [3.05, 3.63) is 113 Å². The van der Waals surface area contributed by atoms with E-state index >= 15 is 0 Å². The summed E-state index contributed by atoms with van der Waals surface area (Å²) in [5.74, 6) is -0.355. The van der Waals surface area contributed by atoms with Gasteiger partial charge in [-0.25, -0.2) is 4.79 Å². The summed E-state index contributed by atoms with van der Waals surface area (Å²) in [5, 5.41) is 19.8. The molecule has 226 valence electrons. The van der Waals surface area contributed by atoms with Gasteiger partial charge in [0.05, 0.1) is 23.1 Å². The maximum Gasteiger partial charge on any atom is 0.333 e. The number of rotatable bonds is 10. The minimum absolute atomic E-state index is 0.254. The molecule has 2 N–H and O–H groups in total. The van der Waals surface area contributed by atoms with E-state index in [0.717, 1.165) is 22.3 Å². The van der Waals surface area contributed by atoms with E-state index in [4.69, 9.17) is 14.6 Å². The number of piperidine rings is 1. The molecule has 0 spiro atoms. The van der Waals surface area contributed by atoms with E-state index < -0.39 is 11.6 Å². The predicted molar refractivity (Wildman–Crippen MR) is 167 cm³/mol. The number of benzene rings is 3. The Bertz CT molecular complexity index is 1830. The number of aliphatic hydroxyl groups is 1. The van der Waals surface area contributed by atoms with Gasteiger partial charge in [-0.2, -0.15) is 4.98 Å². The van der Waals surface area contributed by atoms with Crippen LogP contribution in [0.2, 0.25) is 0 Å². The van der Waals surface area contributed by atoms with Gasteiger partial charge in [0.15, 0.2) is 0 Å². The number of carboxylic acids is 1. The van der Waals surface area contributed by atoms with Crippen molar-refractivity contribution in [3.8, 4) is 17.4 Å². The number of fused-ring (bicyclic) bond motifs is 1. The summed E-state index contributed by atoms with van der Waals surface area (Å²) in [4.78, 5) is 31.7. The molecule has 3 heterocycles. The van der Waals surface area contributed by atoms with Crippen molar-refractivity contribution in [1.29, 1.82) is 0 Å². The first-order chi connectivity index (χ1) is 21.3. The van der Waals surface area contributed by atoms with Crippen LogP contribution in [-0.4, -0.2) is 49.0 Å². The highest BCUT2D eigenvalue weighted by molar-refractivity contribution is 5.82. The minimum atomic E-state index is -1.21. The lowest BCUT2D eigenvalue weighted by atomic mass is 9.88. The smallest absolute Gasteiger partial charge is 0.333 e. The Balaban J connectivity index is 1.32. The zero-order valence-corrected chi connectivity index (χ0v) is 24.4. The van der Waals surface area contributed by atoms with E-state index in [-0.39, 0.29) is 24.6 Å². The number of carboxylic acid groups (broad SMARTS) is 1. The van der Waals surface area contributed by atoms with Crippen LogP contribution in [-0.2, 0) is 25.1 Å². The monoisotopic (exact) mass is 594 g/mol. The lowest BCUT2D eigenvalue weighted by molar-refractivity contribution is -0.143. The average molecular weight is 595 g/mol. The number of aromatic nitrogens is 3. The van der Waals surface area contributed by atoms with E-state index in [9.17, 15) is 14.7 Å². The molecule has 10 nitrogen and oxygen atoms in total. The Labute approximate surface area is 254 Å². The molecule has 0 unspecified atom stereocenters. The number of carbonyl (C=O) groups is 1. The first-order valence-electron chi connectivity index (χ1n) is 14.6. The maximum atomic E-state index is 13.7. The van der Waals surface area contributed by atoms with Crippen LogP contribution in [0.5, 0.6) is 11.8 Å². The quantitative estimate of drug-likeness (QED) is 0.239. The van der Waals surface area contributed by atoms with Crippen molar-refractivity contribution in [2.75, 3.05) is 18.0 Å². The third-order valence-electron chi connectivity index (χ3n) is 8.08. The van der Waals surface area contributed by atoms with Crippen molar-refractivity contribution in [2.45, 2.75) is 38.1 Å². The fourth-order valence-electron chi connectivity index (χ4n) is 5.62. The Morgan fingerprint density at radius 1 is 0.864 bits per heavy atom. The van der Waals surface area contributed by atoms with Crippen LogP contribution in [0.25, 0.3) is 16.7 Å². The van der Waals surface area contributed by atoms with Gasteiger partial charge in [-0.1, -0.05) is 60.7 Å². The van der Waals surface area contributed by atoms with E-state index in [0.29, 0.717) is 49.6 Å². The molecule has 0 aliphatic carbocycles. The van der Waals surface area contributed by atoms with Crippen molar-refractivity contribution < 1.29 is 24.5 Å². The molecule has 1 aliphatic heterocycles. The van der Waals surface area contributed by atoms with Crippen LogP contribution >= 0.6 is 0 Å². The van der Waals surface area contributed by atoms with Gasteiger partial charge in [-0.05, 0) is 48.2 Å². The number of imidazole rings is 1. The zero-order valence-electron chi connectivity index (χ0n) is 24.4. The van der Waals surface area contributed by atoms with Crippen LogP contribution in [0, 0.1) is 0 Å². The molecule has 2 aromatic heterocycles. The fraction of sp³-hybridized carbons (Fsp3) is 0.265. The zero-order chi connectivity index (χ0) is 30.7. The molecule has 1 fully saturated rings. The summed E-state index contributed by atoms with van der Waals surface area (Å²) >= 11 is 0. The number of ether oxygens (including phenoxy) is 2. The van der Waals surface area contributed by atoms with Gasteiger partial charge in [-0.3, -0.25) is 13.9 Å². The Morgan fingerprint density at radius 2 is 1.50 bits per heavy atom. The van der Waals surface area contributed by atoms with Gasteiger partial charge in [0.1, 0.15) is 18.9 Å². The number of anilines is 1. The summed E-state index contributed by atoms with van der Waals surface area (Å²) < 4.78 is 15.4. The lowest BCUT2D eigenvalue weighted by Crippen LogP contribution is -2.45. The number of hydrogen-bond donors (Lipinski definition) is 2. The standard InChI is InChI=1S/C34H34N4O6/c1-36-29-20-26(37-18-16-34(42,17-19-37)21-31(39)40)12-13-27(29)38(33(36)41)28-14-15-30(43-22-24-8-4-2-5-9-24)35-32(28)44-23-25-10-6-3-7-11-25/h2-15,20,42H,16-19,21-23H2,1H3,(H,39,40). The van der Waals surface area contributed by atoms with Crippen LogP contribution in [0.3, 0.4) is 0 Å². The molecule has 5 aromatic rings. The predicted octanol–water partition coefficient (Wildman–Crippen LogP) is 4.69. The highest BCUT2D eigenvalue weighted by Gasteiger charge is 2.34. The van der Waals surface area contributed by atoms with Crippen LogP contribution < -0.4 is 20.1 Å². The third kappa shape index (κ3) is 6.16. The Morgan fingerprint density at radius 3 is 2.14 bits per heavy atom. The van der Waals surface area contributed by atoms with Crippen LogP contribution in [0.4, 0.5) is 5.69 Å². The van der Waals surface area contributed by atoms with Gasteiger partial charge < -0.3 is 24.6 Å². The van der Waals surface area contributed by atoms with Gasteiger partial charge in [0.2, 0.25) is 11.8 Å². The number of hydrogen-bond acceptors (Lipinski definition) is 7. The van der Waals surface area contributed by atoms with E-state index in [1.807, 2.05) is 78.9 Å². The van der Waals surface area contributed by atoms with Crippen molar-refractivity contribution in [3.63, 3.8) is 0 Å². The molecule has 0 amide bonds. The first kappa shape index (κ1) is 29.0. The topological polar surface area (TPSA) is 119 Å². The average Bonchev–Trinajstić information content (AvgIpc) is 3.28. The van der Waals surface area contributed by atoms with Gasteiger partial charge in [0.25, 0.3) is 0 Å². The molecule has 3 aromatic carbocycles. The largest absolute Gasteiger partial charge is 0.481 e. The van der Waals surface area contributed by atoms with E-state index in [2.05, 4.69) is 9.88 Å². The molecule has 0 atom stereocenters. The highest BCUT2D eigenvalue weighted by Crippen LogP contribution is 2.32. The van der Waals surface area contributed by atoms with Crippen LogP contribution in [0.15, 0.2) is 95.8 Å². The van der Waals surface area contributed by atoms with Crippen molar-refractivity contribution >= 4 is 22.7 Å². The number of pyridine rings is 1. The molecule has 44 heavy (non-hydrogen) atoms. The molecule has 6 rings (SSSR count). The normalized spacial score (nSPS) is 14.5. The summed E-state index contributed by atoms with van der Waals surface area (Å²) in [6.07, 6.45) is 0.434. The van der Waals surface area contributed by atoms with Gasteiger partial charge in [-0.15, -0.1) is 0 Å².